The van der Waals surface area contributed by atoms with E-state index in [0.29, 0.717) is 16.2 Å². The number of rotatable bonds is 2. The molecule has 0 amide bonds. The first kappa shape index (κ1) is 10.8. The Balaban J connectivity index is 2.58. The topological polar surface area (TPSA) is 17.8 Å². The number of fused-ring (bicyclic) bond motifs is 1. The highest BCUT2D eigenvalue weighted by atomic mass is 35.5. The third-order valence-electron chi connectivity index (χ3n) is 2.25. The Morgan fingerprint density at radius 2 is 2.13 bits per heavy atom. The zero-order valence-electron chi connectivity index (χ0n) is 8.67. The molecule has 0 aliphatic heterocycles. The van der Waals surface area contributed by atoms with Gasteiger partial charge in [0, 0.05) is 18.1 Å². The van der Waals surface area contributed by atoms with E-state index in [2.05, 4.69) is 23.4 Å². The normalized spacial score (nSPS) is 11.5. The minimum Gasteiger partial charge on any atom is -0.347 e. The zero-order valence-corrected chi connectivity index (χ0v) is 10.2. The minimum absolute atomic E-state index is 0.441. The lowest BCUT2D eigenvalue weighted by atomic mass is 10.2. The molecule has 0 atom stereocenters. The summed E-state index contributed by atoms with van der Waals surface area (Å²) in [7, 11) is 0. The van der Waals surface area contributed by atoms with Crippen molar-refractivity contribution >= 4 is 34.1 Å². The minimum atomic E-state index is 0.441. The van der Waals surface area contributed by atoms with Crippen molar-refractivity contribution in [2.45, 2.75) is 20.4 Å². The maximum atomic E-state index is 6.00. The molecule has 0 radical (unpaired) electrons. The van der Waals surface area contributed by atoms with E-state index in [0.717, 1.165) is 17.4 Å². The summed E-state index contributed by atoms with van der Waals surface area (Å²) >= 11 is 11.9. The number of aromatic nitrogens is 2. The molecule has 0 bridgehead atoms. The Kier molecular flexibility index (Phi) is 2.89. The molecule has 0 N–H and O–H groups in total. The third-order valence-corrected chi connectivity index (χ3v) is 2.73. The van der Waals surface area contributed by atoms with Crippen LogP contribution in [0.15, 0.2) is 18.3 Å². The molecule has 2 rings (SSSR count). The van der Waals surface area contributed by atoms with E-state index in [1.54, 1.807) is 0 Å². The summed E-state index contributed by atoms with van der Waals surface area (Å²) in [6.45, 7) is 5.31. The molecular formula is C11H12Cl2N2. The van der Waals surface area contributed by atoms with Crippen LogP contribution in [0.3, 0.4) is 0 Å². The highest BCUT2D eigenvalue weighted by molar-refractivity contribution is 6.36. The van der Waals surface area contributed by atoms with Gasteiger partial charge in [-0.1, -0.05) is 37.0 Å². The summed E-state index contributed by atoms with van der Waals surface area (Å²) in [5.41, 5.74) is 1.05. The molecule has 0 saturated heterocycles. The Hall–Kier alpha value is -0.730. The highest BCUT2D eigenvalue weighted by Gasteiger charge is 2.08. The molecule has 0 saturated carbocycles. The van der Waals surface area contributed by atoms with Crippen LogP contribution in [0.2, 0.25) is 10.3 Å². The van der Waals surface area contributed by atoms with Crippen LogP contribution in [0.5, 0.6) is 0 Å². The van der Waals surface area contributed by atoms with Crippen LogP contribution in [0.25, 0.3) is 10.9 Å². The Bertz CT molecular complexity index is 489. The standard InChI is InChI=1S/C11H12Cl2N2/c1-7(2)6-15-4-3-8-9(15)5-10(12)14-11(8)13/h3-5,7H,6H2,1-2H3. The van der Waals surface area contributed by atoms with Gasteiger partial charge < -0.3 is 4.57 Å². The maximum Gasteiger partial charge on any atom is 0.140 e. The molecule has 15 heavy (non-hydrogen) atoms. The van der Waals surface area contributed by atoms with E-state index in [-0.39, 0.29) is 0 Å². The lowest BCUT2D eigenvalue weighted by Gasteiger charge is -2.08. The van der Waals surface area contributed by atoms with Gasteiger partial charge in [-0.05, 0) is 18.1 Å². The summed E-state index contributed by atoms with van der Waals surface area (Å²) in [6.07, 6.45) is 2.02. The summed E-state index contributed by atoms with van der Waals surface area (Å²) < 4.78 is 2.15. The number of halogens is 2. The smallest absolute Gasteiger partial charge is 0.140 e. The molecule has 80 valence electrons. The maximum absolute atomic E-state index is 6.00. The van der Waals surface area contributed by atoms with E-state index < -0.39 is 0 Å². The summed E-state index contributed by atoms with van der Waals surface area (Å²) in [4.78, 5) is 4.01. The molecule has 0 aliphatic carbocycles. The first-order chi connectivity index (χ1) is 7.08. The number of hydrogen-bond acceptors (Lipinski definition) is 1. The molecule has 2 heterocycles. The van der Waals surface area contributed by atoms with Crippen molar-refractivity contribution in [2.75, 3.05) is 0 Å². The largest absolute Gasteiger partial charge is 0.347 e. The van der Waals surface area contributed by atoms with E-state index in [4.69, 9.17) is 23.2 Å². The number of nitrogens with zero attached hydrogens (tertiary/aromatic N) is 2. The quantitative estimate of drug-likeness (QED) is 0.729. The molecule has 2 aromatic rings. The first-order valence-corrected chi connectivity index (χ1v) is 5.64. The second-order valence-corrected chi connectivity index (χ2v) is 4.78. The second-order valence-electron chi connectivity index (χ2n) is 4.03. The van der Waals surface area contributed by atoms with Gasteiger partial charge in [-0.25, -0.2) is 4.98 Å². The average Bonchev–Trinajstić information content (AvgIpc) is 2.48. The van der Waals surface area contributed by atoms with Crippen LogP contribution in [-0.4, -0.2) is 9.55 Å². The Labute approximate surface area is 98.8 Å². The predicted octanol–water partition coefficient (Wildman–Crippen LogP) is 4.00. The lowest BCUT2D eigenvalue weighted by Crippen LogP contribution is -2.02. The molecule has 4 heteroatoms. The summed E-state index contributed by atoms with van der Waals surface area (Å²) in [5.74, 6) is 0.589. The molecule has 2 aromatic heterocycles. The number of hydrogen-bond donors (Lipinski definition) is 0. The zero-order chi connectivity index (χ0) is 11.0. The predicted molar refractivity (Wildman–Crippen MR) is 64.6 cm³/mol. The molecular weight excluding hydrogens is 231 g/mol. The lowest BCUT2D eigenvalue weighted by molar-refractivity contribution is 0.535. The van der Waals surface area contributed by atoms with Crippen LogP contribution in [0.4, 0.5) is 0 Å². The molecule has 0 fully saturated rings. The van der Waals surface area contributed by atoms with Crippen molar-refractivity contribution in [1.82, 2.24) is 9.55 Å². The van der Waals surface area contributed by atoms with Crippen molar-refractivity contribution in [3.8, 4) is 0 Å². The average molecular weight is 243 g/mol. The highest BCUT2D eigenvalue weighted by Crippen LogP contribution is 2.26. The van der Waals surface area contributed by atoms with Gasteiger partial charge >= 0.3 is 0 Å². The molecule has 2 nitrogen and oxygen atoms in total. The fourth-order valence-corrected chi connectivity index (χ4v) is 2.15. The van der Waals surface area contributed by atoms with Crippen LogP contribution in [0.1, 0.15) is 13.8 Å². The monoisotopic (exact) mass is 242 g/mol. The molecule has 0 unspecified atom stereocenters. The van der Waals surface area contributed by atoms with Crippen molar-refractivity contribution in [3.63, 3.8) is 0 Å². The van der Waals surface area contributed by atoms with Crippen LogP contribution in [-0.2, 0) is 6.54 Å². The molecule has 0 aliphatic rings. The van der Waals surface area contributed by atoms with Crippen molar-refractivity contribution in [3.05, 3.63) is 28.6 Å². The third kappa shape index (κ3) is 2.11. The van der Waals surface area contributed by atoms with Gasteiger partial charge in [0.15, 0.2) is 0 Å². The first-order valence-electron chi connectivity index (χ1n) is 4.89. The van der Waals surface area contributed by atoms with Crippen molar-refractivity contribution in [2.24, 2.45) is 5.92 Å². The fourth-order valence-electron chi connectivity index (χ4n) is 1.67. The fraction of sp³-hybridized carbons (Fsp3) is 0.364. The van der Waals surface area contributed by atoms with E-state index >= 15 is 0 Å². The summed E-state index contributed by atoms with van der Waals surface area (Å²) in [6, 6.07) is 3.83. The van der Waals surface area contributed by atoms with Gasteiger partial charge in [0.2, 0.25) is 0 Å². The van der Waals surface area contributed by atoms with E-state index in [1.807, 2.05) is 18.3 Å². The Morgan fingerprint density at radius 3 is 2.80 bits per heavy atom. The van der Waals surface area contributed by atoms with Gasteiger partial charge in [-0.15, -0.1) is 0 Å². The van der Waals surface area contributed by atoms with Gasteiger partial charge in [0.25, 0.3) is 0 Å². The van der Waals surface area contributed by atoms with Crippen LogP contribution in [0, 0.1) is 5.92 Å². The van der Waals surface area contributed by atoms with Crippen molar-refractivity contribution < 1.29 is 0 Å². The van der Waals surface area contributed by atoms with Gasteiger partial charge in [-0.2, -0.15) is 0 Å². The van der Waals surface area contributed by atoms with Crippen LogP contribution >= 0.6 is 23.2 Å². The molecule has 0 spiro atoms. The Morgan fingerprint density at radius 1 is 1.40 bits per heavy atom. The SMILES string of the molecule is CC(C)Cn1ccc2c(Cl)nc(Cl)cc21. The van der Waals surface area contributed by atoms with Gasteiger partial charge in [0.05, 0.1) is 5.52 Å². The molecule has 0 aromatic carbocycles. The van der Waals surface area contributed by atoms with Gasteiger partial charge in [0.1, 0.15) is 10.3 Å². The van der Waals surface area contributed by atoms with E-state index in [1.165, 1.54) is 0 Å². The van der Waals surface area contributed by atoms with Gasteiger partial charge in [-0.3, -0.25) is 0 Å². The van der Waals surface area contributed by atoms with E-state index in [9.17, 15) is 0 Å². The van der Waals surface area contributed by atoms with Crippen molar-refractivity contribution in [1.29, 1.82) is 0 Å². The summed E-state index contributed by atoms with van der Waals surface area (Å²) in [5, 5.41) is 1.87. The van der Waals surface area contributed by atoms with Crippen LogP contribution < -0.4 is 0 Å². The second kappa shape index (κ2) is 4.03. The number of pyridine rings is 1.